The molecule has 0 unspecified atom stereocenters. The lowest BCUT2D eigenvalue weighted by molar-refractivity contribution is -0.364. The summed E-state index contributed by atoms with van der Waals surface area (Å²) < 4.78 is 26.5. The first-order valence-corrected chi connectivity index (χ1v) is 9.39. The van der Waals surface area contributed by atoms with Crippen molar-refractivity contribution in [2.24, 2.45) is 0 Å². The van der Waals surface area contributed by atoms with Crippen LogP contribution in [0.1, 0.15) is 33.1 Å². The van der Waals surface area contributed by atoms with Crippen molar-refractivity contribution in [3.63, 3.8) is 0 Å². The van der Waals surface area contributed by atoms with Crippen molar-refractivity contribution in [3.05, 3.63) is 18.3 Å². The fourth-order valence-electron chi connectivity index (χ4n) is 2.48. The minimum absolute atomic E-state index is 0.0883. The van der Waals surface area contributed by atoms with Gasteiger partial charge in [-0.3, -0.25) is 10.1 Å². The number of pyridine rings is 1. The third kappa shape index (κ3) is 4.90. The van der Waals surface area contributed by atoms with Crippen LogP contribution in [-0.2, 0) is 14.8 Å². The zero-order valence-corrected chi connectivity index (χ0v) is 14.4. The van der Waals surface area contributed by atoms with Crippen molar-refractivity contribution in [2.75, 3.05) is 25.0 Å². The van der Waals surface area contributed by atoms with Crippen LogP contribution in [0.4, 0.5) is 5.82 Å². The largest absolute Gasteiger partial charge is 0.351 e. The Kier molecular flexibility index (Phi) is 5.95. The summed E-state index contributed by atoms with van der Waals surface area (Å²) in [5.41, 5.74) is 0. The molecular weight excluding hydrogens is 316 g/mol. The van der Waals surface area contributed by atoms with Crippen LogP contribution in [0.25, 0.3) is 0 Å². The molecule has 1 aromatic rings. The van der Waals surface area contributed by atoms with Gasteiger partial charge in [-0.2, -0.15) is 4.31 Å². The first kappa shape index (κ1) is 17.7. The fourth-order valence-corrected chi connectivity index (χ4v) is 3.97. The minimum atomic E-state index is -3.43. The Morgan fingerprint density at radius 1 is 1.26 bits per heavy atom. The number of amides is 1. The molecule has 1 saturated heterocycles. The lowest BCUT2D eigenvalue weighted by Gasteiger charge is -2.25. The topological polar surface area (TPSA) is 92.7 Å². The number of hydrogen-bond acceptors (Lipinski definition) is 4. The van der Waals surface area contributed by atoms with E-state index in [1.807, 2.05) is 13.8 Å². The Morgan fingerprint density at radius 2 is 1.96 bits per heavy atom. The summed E-state index contributed by atoms with van der Waals surface area (Å²) in [6.45, 7) is 5.08. The molecule has 1 amide bonds. The van der Waals surface area contributed by atoms with Gasteiger partial charge in [-0.05, 0) is 32.8 Å². The van der Waals surface area contributed by atoms with Crippen LogP contribution < -0.4 is 15.6 Å². The maximum Gasteiger partial charge on any atom is 0.272 e. The molecule has 0 aliphatic carbocycles. The average molecular weight is 341 g/mol. The molecule has 1 aliphatic rings. The van der Waals surface area contributed by atoms with Gasteiger partial charge in [0.05, 0.1) is 0 Å². The second-order valence-electron chi connectivity index (χ2n) is 5.98. The molecule has 1 fully saturated rings. The second-order valence-corrected chi connectivity index (χ2v) is 7.92. The van der Waals surface area contributed by atoms with Crippen LogP contribution in [0.15, 0.2) is 23.2 Å². The molecule has 1 aromatic heterocycles. The smallest absolute Gasteiger partial charge is 0.272 e. The number of aromatic nitrogens is 1. The summed E-state index contributed by atoms with van der Waals surface area (Å²) in [5.74, 6) is 0.486. The molecule has 0 saturated carbocycles. The molecule has 8 heteroatoms. The molecule has 3 N–H and O–H groups in total. The van der Waals surface area contributed by atoms with Gasteiger partial charge in [0, 0.05) is 25.2 Å². The Labute approximate surface area is 137 Å². The summed E-state index contributed by atoms with van der Waals surface area (Å²) in [4.78, 5) is 14.7. The van der Waals surface area contributed by atoms with E-state index in [1.54, 1.807) is 12.1 Å². The summed E-state index contributed by atoms with van der Waals surface area (Å²) in [7, 11) is -3.43. The number of anilines is 1. The van der Waals surface area contributed by atoms with Gasteiger partial charge in [0.25, 0.3) is 11.7 Å². The summed E-state index contributed by atoms with van der Waals surface area (Å²) in [5, 5.41) is 5.71. The number of sulfonamides is 1. The van der Waals surface area contributed by atoms with Crippen molar-refractivity contribution in [1.82, 2.24) is 9.62 Å². The third-order valence-electron chi connectivity index (χ3n) is 3.63. The molecule has 23 heavy (non-hydrogen) atoms. The Bertz CT molecular complexity index is 623. The van der Waals surface area contributed by atoms with E-state index in [4.69, 9.17) is 0 Å². The number of aromatic amines is 1. The Hall–Kier alpha value is -1.67. The highest BCUT2D eigenvalue weighted by atomic mass is 32.2. The molecule has 0 spiro atoms. The number of carbonyl (C=O) groups is 1. The molecule has 1 aliphatic heterocycles. The summed E-state index contributed by atoms with van der Waals surface area (Å²) >= 11 is 0. The molecule has 7 nitrogen and oxygen atoms in total. The minimum Gasteiger partial charge on any atom is -0.351 e. The summed E-state index contributed by atoms with van der Waals surface area (Å²) in [6, 6.07) is 3.29. The lowest BCUT2D eigenvalue weighted by atomic mass is 10.2. The van der Waals surface area contributed by atoms with Gasteiger partial charge in [0.2, 0.25) is 10.0 Å². The van der Waals surface area contributed by atoms with E-state index in [-0.39, 0.29) is 23.4 Å². The van der Waals surface area contributed by atoms with Crippen LogP contribution in [0.5, 0.6) is 0 Å². The number of nitrogens with one attached hydrogen (secondary N) is 3. The number of H-pyrrole nitrogens is 1. The van der Waals surface area contributed by atoms with Crippen molar-refractivity contribution >= 4 is 21.7 Å². The highest BCUT2D eigenvalue weighted by Crippen LogP contribution is 2.19. The molecule has 0 bridgehead atoms. The Balaban J connectivity index is 1.97. The van der Waals surface area contributed by atoms with Gasteiger partial charge in [0.15, 0.2) is 6.54 Å². The monoisotopic (exact) mass is 341 g/mol. The highest BCUT2D eigenvalue weighted by Gasteiger charge is 2.26. The van der Waals surface area contributed by atoms with E-state index in [0.29, 0.717) is 18.9 Å². The maximum atomic E-state index is 12.5. The van der Waals surface area contributed by atoms with Crippen LogP contribution in [0.2, 0.25) is 0 Å². The zero-order chi connectivity index (χ0) is 16.9. The molecule has 0 atom stereocenters. The van der Waals surface area contributed by atoms with Crippen LogP contribution in [0.3, 0.4) is 0 Å². The van der Waals surface area contributed by atoms with E-state index in [2.05, 4.69) is 15.6 Å². The first-order chi connectivity index (χ1) is 10.9. The standard InChI is InChI=1S/C15H24N4O3S/c1-12(2)18-15(20)11-17-14-7-6-13(10-16-14)23(21,22)19-8-4-3-5-9-19/h6-7,10,12H,3-5,8-9,11H2,1-2H3,(H,16,17)(H,18,20)/p+1. The lowest BCUT2D eigenvalue weighted by Crippen LogP contribution is -2.36. The van der Waals surface area contributed by atoms with Gasteiger partial charge >= 0.3 is 0 Å². The quantitative estimate of drug-likeness (QED) is 0.793. The molecule has 0 radical (unpaired) electrons. The van der Waals surface area contributed by atoms with Crippen LogP contribution in [-0.4, -0.2) is 44.3 Å². The van der Waals surface area contributed by atoms with Crippen molar-refractivity contribution in [2.45, 2.75) is 44.0 Å². The van der Waals surface area contributed by atoms with E-state index < -0.39 is 10.0 Å². The number of hydrogen-bond donors (Lipinski definition) is 2. The maximum absolute atomic E-state index is 12.5. The van der Waals surface area contributed by atoms with Gasteiger partial charge in [-0.1, -0.05) is 6.42 Å². The molecule has 0 aromatic carbocycles. The van der Waals surface area contributed by atoms with E-state index >= 15 is 0 Å². The van der Waals surface area contributed by atoms with Gasteiger partial charge < -0.3 is 5.32 Å². The number of carbonyl (C=O) groups excluding carboxylic acids is 1. The third-order valence-corrected chi connectivity index (χ3v) is 5.52. The normalized spacial score (nSPS) is 16.3. The number of rotatable bonds is 6. The predicted octanol–water partition coefficient (Wildman–Crippen LogP) is 0.612. The van der Waals surface area contributed by atoms with Crippen molar-refractivity contribution < 1.29 is 18.2 Å². The van der Waals surface area contributed by atoms with Crippen LogP contribution in [0, 0.1) is 0 Å². The van der Waals surface area contributed by atoms with E-state index in [0.717, 1.165) is 19.3 Å². The number of nitrogens with zero attached hydrogens (tertiary/aromatic N) is 1. The van der Waals surface area contributed by atoms with Crippen LogP contribution >= 0.6 is 0 Å². The molecular formula is C15H25N4O3S+. The SMILES string of the molecule is CC(C)NC(=O)CNc1ccc(S(=O)(=O)N2CCCCC2)c[nH+]1. The molecule has 2 rings (SSSR count). The second kappa shape index (κ2) is 7.74. The highest BCUT2D eigenvalue weighted by molar-refractivity contribution is 7.89. The zero-order valence-electron chi connectivity index (χ0n) is 13.6. The average Bonchev–Trinajstić information content (AvgIpc) is 2.53. The van der Waals surface area contributed by atoms with Crippen molar-refractivity contribution in [1.29, 1.82) is 0 Å². The fraction of sp³-hybridized carbons (Fsp3) is 0.600. The summed E-state index contributed by atoms with van der Waals surface area (Å²) in [6.07, 6.45) is 4.37. The van der Waals surface area contributed by atoms with Crippen molar-refractivity contribution in [3.8, 4) is 0 Å². The van der Waals surface area contributed by atoms with Gasteiger partial charge in [-0.25, -0.2) is 13.4 Å². The van der Waals surface area contributed by atoms with E-state index in [9.17, 15) is 13.2 Å². The molecule has 128 valence electrons. The molecule has 2 heterocycles. The van der Waals surface area contributed by atoms with E-state index in [1.165, 1.54) is 10.5 Å². The Morgan fingerprint density at radius 3 is 2.52 bits per heavy atom. The van der Waals surface area contributed by atoms with Gasteiger partial charge in [0.1, 0.15) is 11.1 Å². The van der Waals surface area contributed by atoms with Gasteiger partial charge in [-0.15, -0.1) is 0 Å². The first-order valence-electron chi connectivity index (χ1n) is 7.95. The number of piperidine rings is 1. The predicted molar refractivity (Wildman–Crippen MR) is 87.4 cm³/mol.